The van der Waals surface area contributed by atoms with Crippen molar-refractivity contribution in [3.8, 4) is 0 Å². The molecule has 4 rings (SSSR count). The second-order valence-corrected chi connectivity index (χ2v) is 5.86. The maximum absolute atomic E-state index is 12.8. The molecule has 1 unspecified atom stereocenters. The molecular weight excluding hydrogens is 292 g/mol. The number of aromatic nitrogens is 1. The molecule has 1 aromatic carbocycles. The SMILES string of the molecule is Cc1[nH]c2ccccc2c1C1CC(=O)N(Cc2ccco2)C1=O. The summed E-state index contributed by atoms with van der Waals surface area (Å²) in [6.07, 6.45) is 1.75. The summed E-state index contributed by atoms with van der Waals surface area (Å²) < 4.78 is 5.26. The third-order valence-corrected chi connectivity index (χ3v) is 4.43. The number of fused-ring (bicyclic) bond motifs is 1. The topological polar surface area (TPSA) is 66.3 Å². The smallest absolute Gasteiger partial charge is 0.237 e. The monoisotopic (exact) mass is 308 g/mol. The molecular formula is C18H16N2O3. The van der Waals surface area contributed by atoms with Crippen LogP contribution >= 0.6 is 0 Å². The van der Waals surface area contributed by atoms with E-state index in [0.717, 1.165) is 22.2 Å². The fraction of sp³-hybridized carbons (Fsp3) is 0.222. The number of carbonyl (C=O) groups excluding carboxylic acids is 2. The first-order valence-electron chi connectivity index (χ1n) is 7.59. The van der Waals surface area contributed by atoms with E-state index in [0.29, 0.717) is 5.76 Å². The highest BCUT2D eigenvalue weighted by molar-refractivity contribution is 6.08. The summed E-state index contributed by atoms with van der Waals surface area (Å²) >= 11 is 0. The second kappa shape index (κ2) is 5.12. The Morgan fingerprint density at radius 2 is 2.04 bits per heavy atom. The van der Waals surface area contributed by atoms with Crippen molar-refractivity contribution in [2.75, 3.05) is 0 Å². The number of carbonyl (C=O) groups is 2. The number of rotatable bonds is 3. The van der Waals surface area contributed by atoms with E-state index in [1.807, 2.05) is 31.2 Å². The van der Waals surface area contributed by atoms with Gasteiger partial charge in [-0.3, -0.25) is 14.5 Å². The van der Waals surface area contributed by atoms with Crippen molar-refractivity contribution in [3.05, 3.63) is 59.7 Å². The van der Waals surface area contributed by atoms with Gasteiger partial charge in [-0.05, 0) is 30.7 Å². The van der Waals surface area contributed by atoms with Gasteiger partial charge in [0.15, 0.2) is 0 Å². The highest BCUT2D eigenvalue weighted by atomic mass is 16.3. The van der Waals surface area contributed by atoms with Gasteiger partial charge in [-0.15, -0.1) is 0 Å². The van der Waals surface area contributed by atoms with E-state index in [-0.39, 0.29) is 24.8 Å². The van der Waals surface area contributed by atoms with Crippen LogP contribution in [0.2, 0.25) is 0 Å². The number of benzene rings is 1. The van der Waals surface area contributed by atoms with Gasteiger partial charge in [0.25, 0.3) is 0 Å². The summed E-state index contributed by atoms with van der Waals surface area (Å²) in [5, 5.41) is 1.01. The number of aromatic amines is 1. The number of nitrogens with one attached hydrogen (secondary N) is 1. The number of hydrogen-bond acceptors (Lipinski definition) is 3. The average Bonchev–Trinajstić information content (AvgIpc) is 3.21. The van der Waals surface area contributed by atoms with E-state index in [1.54, 1.807) is 18.4 Å². The molecule has 2 amide bonds. The van der Waals surface area contributed by atoms with Crippen LogP contribution in [0.3, 0.4) is 0 Å². The van der Waals surface area contributed by atoms with Gasteiger partial charge in [0.05, 0.1) is 18.7 Å². The minimum atomic E-state index is -0.423. The molecule has 5 nitrogen and oxygen atoms in total. The van der Waals surface area contributed by atoms with Crippen LogP contribution < -0.4 is 0 Å². The summed E-state index contributed by atoms with van der Waals surface area (Å²) in [6.45, 7) is 2.14. The number of aryl methyl sites for hydroxylation is 1. The molecule has 0 spiro atoms. The van der Waals surface area contributed by atoms with Crippen molar-refractivity contribution in [1.82, 2.24) is 9.88 Å². The summed E-state index contributed by atoms with van der Waals surface area (Å²) in [6, 6.07) is 11.4. The molecule has 1 aliphatic rings. The Hall–Kier alpha value is -2.82. The molecule has 5 heteroatoms. The van der Waals surface area contributed by atoms with Gasteiger partial charge in [-0.25, -0.2) is 0 Å². The summed E-state index contributed by atoms with van der Waals surface area (Å²) in [5.74, 6) is -0.114. The molecule has 1 N–H and O–H groups in total. The number of nitrogens with zero attached hydrogens (tertiary/aromatic N) is 1. The van der Waals surface area contributed by atoms with Crippen molar-refractivity contribution < 1.29 is 14.0 Å². The van der Waals surface area contributed by atoms with Crippen molar-refractivity contribution >= 4 is 22.7 Å². The van der Waals surface area contributed by atoms with Crippen LogP contribution in [0.4, 0.5) is 0 Å². The Morgan fingerprint density at radius 1 is 1.22 bits per heavy atom. The molecule has 1 fully saturated rings. The fourth-order valence-corrected chi connectivity index (χ4v) is 3.38. The van der Waals surface area contributed by atoms with E-state index in [1.165, 1.54) is 4.90 Å². The largest absolute Gasteiger partial charge is 0.467 e. The number of para-hydroxylation sites is 1. The molecule has 1 saturated heterocycles. The molecule has 0 aliphatic carbocycles. The van der Waals surface area contributed by atoms with Gasteiger partial charge < -0.3 is 9.40 Å². The van der Waals surface area contributed by atoms with E-state index < -0.39 is 5.92 Å². The maximum Gasteiger partial charge on any atom is 0.237 e. The Kier molecular flexibility index (Phi) is 3.08. The first kappa shape index (κ1) is 13.8. The fourth-order valence-electron chi connectivity index (χ4n) is 3.38. The van der Waals surface area contributed by atoms with Crippen LogP contribution in [-0.4, -0.2) is 21.7 Å². The first-order valence-corrected chi connectivity index (χ1v) is 7.59. The molecule has 1 atom stereocenters. The summed E-state index contributed by atoms with van der Waals surface area (Å²) in [7, 11) is 0. The van der Waals surface area contributed by atoms with Gasteiger partial charge in [0, 0.05) is 23.0 Å². The van der Waals surface area contributed by atoms with Crippen LogP contribution in [0, 0.1) is 6.92 Å². The summed E-state index contributed by atoms with van der Waals surface area (Å²) in [5.41, 5.74) is 2.86. The number of imide groups is 1. The van der Waals surface area contributed by atoms with Gasteiger partial charge in [-0.1, -0.05) is 18.2 Å². The van der Waals surface area contributed by atoms with Crippen molar-refractivity contribution in [2.24, 2.45) is 0 Å². The lowest BCUT2D eigenvalue weighted by Crippen LogP contribution is -2.29. The zero-order chi connectivity index (χ0) is 16.0. The molecule has 3 aromatic rings. The van der Waals surface area contributed by atoms with E-state index in [4.69, 9.17) is 4.42 Å². The molecule has 2 aromatic heterocycles. The van der Waals surface area contributed by atoms with Gasteiger partial charge in [0.1, 0.15) is 5.76 Å². The normalized spacial score (nSPS) is 18.3. The van der Waals surface area contributed by atoms with E-state index >= 15 is 0 Å². The lowest BCUT2D eigenvalue weighted by atomic mass is 9.94. The first-order chi connectivity index (χ1) is 11.1. The molecule has 0 radical (unpaired) electrons. The highest BCUT2D eigenvalue weighted by Crippen LogP contribution is 2.37. The maximum atomic E-state index is 12.8. The van der Waals surface area contributed by atoms with Gasteiger partial charge in [-0.2, -0.15) is 0 Å². The minimum absolute atomic E-state index is 0.152. The quantitative estimate of drug-likeness (QED) is 0.756. The Balaban J connectivity index is 1.71. The van der Waals surface area contributed by atoms with E-state index in [9.17, 15) is 9.59 Å². The van der Waals surface area contributed by atoms with Crippen LogP contribution in [-0.2, 0) is 16.1 Å². The molecule has 0 bridgehead atoms. The van der Waals surface area contributed by atoms with E-state index in [2.05, 4.69) is 4.98 Å². The molecule has 3 heterocycles. The third kappa shape index (κ3) is 2.16. The molecule has 116 valence electrons. The van der Waals surface area contributed by atoms with Gasteiger partial charge in [0.2, 0.25) is 11.8 Å². The Labute approximate surface area is 132 Å². The van der Waals surface area contributed by atoms with Crippen molar-refractivity contribution in [3.63, 3.8) is 0 Å². The van der Waals surface area contributed by atoms with Gasteiger partial charge >= 0.3 is 0 Å². The van der Waals surface area contributed by atoms with Crippen LogP contribution in [0.25, 0.3) is 10.9 Å². The number of likely N-dealkylation sites (tertiary alicyclic amines) is 1. The lowest BCUT2D eigenvalue weighted by molar-refractivity contribution is -0.139. The molecule has 0 saturated carbocycles. The number of hydrogen-bond donors (Lipinski definition) is 1. The second-order valence-electron chi connectivity index (χ2n) is 5.86. The van der Waals surface area contributed by atoms with Crippen LogP contribution in [0.15, 0.2) is 47.1 Å². The van der Waals surface area contributed by atoms with Crippen LogP contribution in [0.1, 0.15) is 29.4 Å². The highest BCUT2D eigenvalue weighted by Gasteiger charge is 2.41. The standard InChI is InChI=1S/C18H16N2O3/c1-11-17(13-6-2-3-7-15(13)19-11)14-9-16(21)20(18(14)22)10-12-5-4-8-23-12/h2-8,14,19H,9-10H2,1H3. The zero-order valence-corrected chi connectivity index (χ0v) is 12.7. The lowest BCUT2D eigenvalue weighted by Gasteiger charge is -2.13. The molecule has 1 aliphatic heterocycles. The minimum Gasteiger partial charge on any atom is -0.467 e. The molecule has 23 heavy (non-hydrogen) atoms. The van der Waals surface area contributed by atoms with Crippen LogP contribution in [0.5, 0.6) is 0 Å². The number of H-pyrrole nitrogens is 1. The third-order valence-electron chi connectivity index (χ3n) is 4.43. The predicted molar refractivity (Wildman–Crippen MR) is 84.7 cm³/mol. The van der Waals surface area contributed by atoms with Crippen molar-refractivity contribution in [2.45, 2.75) is 25.8 Å². The van der Waals surface area contributed by atoms with Crippen molar-refractivity contribution in [1.29, 1.82) is 0 Å². The zero-order valence-electron chi connectivity index (χ0n) is 12.7. The summed E-state index contributed by atoms with van der Waals surface area (Å²) in [4.78, 5) is 29.7. The Morgan fingerprint density at radius 3 is 2.83 bits per heavy atom. The Bertz CT molecular complexity index is 892. The predicted octanol–water partition coefficient (Wildman–Crippen LogP) is 3.11. The number of amides is 2. The average molecular weight is 308 g/mol. The number of furan rings is 1.